The fourth-order valence-electron chi connectivity index (χ4n) is 3.92. The number of hydrogen-bond acceptors (Lipinski definition) is 5. The molecule has 2 heterocycles. The minimum Gasteiger partial charge on any atom is -0.444 e. The number of nitrogens with zero attached hydrogens (tertiary/aromatic N) is 3. The second-order valence-electron chi connectivity index (χ2n) is 8.94. The van der Waals surface area contributed by atoms with Crippen LogP contribution in [0.3, 0.4) is 0 Å². The molecule has 0 unspecified atom stereocenters. The van der Waals surface area contributed by atoms with E-state index in [0.717, 1.165) is 50.0 Å². The van der Waals surface area contributed by atoms with Gasteiger partial charge in [-0.15, -0.1) is 10.2 Å². The Balaban J connectivity index is 1.59. The van der Waals surface area contributed by atoms with Crippen LogP contribution < -0.4 is 10.6 Å². The van der Waals surface area contributed by atoms with Gasteiger partial charge in [-0.25, -0.2) is 4.79 Å². The SMILES string of the molecule is CC(C)(C)OC(=O)N[C@@H]1CCCCCC[C@H]1C(=O)NCCc1nnc2ccccn12. The van der Waals surface area contributed by atoms with Crippen molar-refractivity contribution in [1.29, 1.82) is 0 Å². The minimum atomic E-state index is -0.565. The lowest BCUT2D eigenvalue weighted by atomic mass is 9.86. The average Bonchev–Trinajstić information content (AvgIpc) is 3.06. The van der Waals surface area contributed by atoms with Gasteiger partial charge < -0.3 is 15.4 Å². The molecule has 1 saturated carbocycles. The predicted octanol–water partition coefficient (Wildman–Crippen LogP) is 3.25. The van der Waals surface area contributed by atoms with Crippen molar-refractivity contribution in [1.82, 2.24) is 25.2 Å². The molecule has 0 bridgehead atoms. The summed E-state index contributed by atoms with van der Waals surface area (Å²) in [6, 6.07) is 5.53. The number of rotatable bonds is 5. The van der Waals surface area contributed by atoms with Crippen molar-refractivity contribution in [3.63, 3.8) is 0 Å². The lowest BCUT2D eigenvalue weighted by molar-refractivity contribution is -0.126. The maximum absolute atomic E-state index is 13.0. The molecule has 2 N–H and O–H groups in total. The fraction of sp³-hybridized carbons (Fsp3) is 0.636. The van der Waals surface area contributed by atoms with E-state index in [1.54, 1.807) is 0 Å². The van der Waals surface area contributed by atoms with Crippen LogP contribution in [0.5, 0.6) is 0 Å². The zero-order chi connectivity index (χ0) is 21.6. The Kier molecular flexibility index (Phi) is 7.29. The normalized spacial score (nSPS) is 20.2. The first-order valence-corrected chi connectivity index (χ1v) is 10.9. The molecule has 1 aliphatic carbocycles. The number of pyridine rings is 1. The van der Waals surface area contributed by atoms with E-state index in [4.69, 9.17) is 4.74 Å². The summed E-state index contributed by atoms with van der Waals surface area (Å²) in [5.74, 6) is 0.534. The monoisotopic (exact) mass is 415 g/mol. The van der Waals surface area contributed by atoms with Crippen molar-refractivity contribution < 1.29 is 14.3 Å². The lowest BCUT2D eigenvalue weighted by Gasteiger charge is -2.30. The highest BCUT2D eigenvalue weighted by molar-refractivity contribution is 5.80. The van der Waals surface area contributed by atoms with Gasteiger partial charge in [-0.3, -0.25) is 9.20 Å². The lowest BCUT2D eigenvalue weighted by Crippen LogP contribution is -2.48. The van der Waals surface area contributed by atoms with Gasteiger partial charge in [0.15, 0.2) is 5.65 Å². The Bertz CT molecular complexity index is 858. The van der Waals surface area contributed by atoms with E-state index in [1.165, 1.54) is 0 Å². The van der Waals surface area contributed by atoms with E-state index in [-0.39, 0.29) is 17.9 Å². The number of fused-ring (bicyclic) bond motifs is 1. The largest absolute Gasteiger partial charge is 0.444 e. The van der Waals surface area contributed by atoms with Gasteiger partial charge in [0.1, 0.15) is 11.4 Å². The van der Waals surface area contributed by atoms with Crippen LogP contribution in [-0.2, 0) is 16.0 Å². The quantitative estimate of drug-likeness (QED) is 0.781. The van der Waals surface area contributed by atoms with E-state index in [2.05, 4.69) is 20.8 Å². The van der Waals surface area contributed by atoms with Crippen LogP contribution in [0.1, 0.15) is 65.1 Å². The summed E-state index contributed by atoms with van der Waals surface area (Å²) in [4.78, 5) is 25.3. The Morgan fingerprint density at radius 1 is 1.13 bits per heavy atom. The second-order valence-corrected chi connectivity index (χ2v) is 8.94. The standard InChI is InChI=1S/C22H33N5O3/c1-22(2,3)30-21(29)24-17-11-7-5-4-6-10-16(17)20(28)23-14-13-19-26-25-18-12-8-9-15-27(18)19/h8-9,12,15-17H,4-7,10-11,13-14H2,1-3H3,(H,23,28)(H,24,29)/t16-,17-/m1/s1. The van der Waals surface area contributed by atoms with Crippen molar-refractivity contribution in [3.8, 4) is 0 Å². The third kappa shape index (κ3) is 6.18. The predicted molar refractivity (Wildman–Crippen MR) is 114 cm³/mol. The molecule has 2 atom stereocenters. The molecule has 1 aliphatic rings. The number of carbonyl (C=O) groups is 2. The molecule has 2 amide bonds. The number of amides is 2. The van der Waals surface area contributed by atoms with Gasteiger partial charge in [-0.05, 0) is 45.7 Å². The van der Waals surface area contributed by atoms with Crippen LogP contribution in [0.25, 0.3) is 5.65 Å². The second kappa shape index (κ2) is 9.91. The van der Waals surface area contributed by atoms with Crippen molar-refractivity contribution >= 4 is 17.6 Å². The fourth-order valence-corrected chi connectivity index (χ4v) is 3.92. The number of ether oxygens (including phenoxy) is 1. The summed E-state index contributed by atoms with van der Waals surface area (Å²) in [7, 11) is 0. The van der Waals surface area contributed by atoms with Gasteiger partial charge >= 0.3 is 6.09 Å². The van der Waals surface area contributed by atoms with Gasteiger partial charge in [0.25, 0.3) is 0 Å². The summed E-state index contributed by atoms with van der Waals surface area (Å²) >= 11 is 0. The van der Waals surface area contributed by atoms with E-state index in [0.29, 0.717) is 13.0 Å². The summed E-state index contributed by atoms with van der Waals surface area (Å²) in [6.07, 6.45) is 7.83. The minimum absolute atomic E-state index is 0.0215. The zero-order valence-electron chi connectivity index (χ0n) is 18.2. The van der Waals surface area contributed by atoms with Crippen molar-refractivity contribution in [3.05, 3.63) is 30.2 Å². The zero-order valence-corrected chi connectivity index (χ0v) is 18.2. The van der Waals surface area contributed by atoms with Gasteiger partial charge in [0.2, 0.25) is 5.91 Å². The topological polar surface area (TPSA) is 97.6 Å². The molecule has 0 spiro atoms. The van der Waals surface area contributed by atoms with Gasteiger partial charge in [0.05, 0.1) is 5.92 Å². The van der Waals surface area contributed by atoms with E-state index < -0.39 is 11.7 Å². The van der Waals surface area contributed by atoms with Gasteiger partial charge in [-0.1, -0.05) is 31.7 Å². The van der Waals surface area contributed by atoms with Gasteiger partial charge in [0, 0.05) is 25.2 Å². The molecule has 0 radical (unpaired) electrons. The van der Waals surface area contributed by atoms with Crippen LogP contribution in [0.15, 0.2) is 24.4 Å². The highest BCUT2D eigenvalue weighted by Gasteiger charge is 2.31. The average molecular weight is 416 g/mol. The number of alkyl carbamates (subject to hydrolysis) is 1. The Hall–Kier alpha value is -2.64. The van der Waals surface area contributed by atoms with Crippen LogP contribution in [0.2, 0.25) is 0 Å². The van der Waals surface area contributed by atoms with E-state index in [9.17, 15) is 9.59 Å². The summed E-state index contributed by atoms with van der Waals surface area (Å²) in [6.45, 7) is 5.99. The highest BCUT2D eigenvalue weighted by atomic mass is 16.6. The summed E-state index contributed by atoms with van der Waals surface area (Å²) in [5, 5.41) is 14.3. The first-order valence-electron chi connectivity index (χ1n) is 10.9. The van der Waals surface area contributed by atoms with Crippen LogP contribution in [0.4, 0.5) is 4.79 Å². The molecular formula is C22H33N5O3. The maximum atomic E-state index is 13.0. The maximum Gasteiger partial charge on any atom is 0.407 e. The molecule has 1 fully saturated rings. The highest BCUT2D eigenvalue weighted by Crippen LogP contribution is 2.24. The number of hydrogen-bond donors (Lipinski definition) is 2. The molecular weight excluding hydrogens is 382 g/mol. The molecule has 164 valence electrons. The third-order valence-electron chi connectivity index (χ3n) is 5.34. The molecule has 30 heavy (non-hydrogen) atoms. The molecule has 2 aromatic heterocycles. The summed E-state index contributed by atoms with van der Waals surface area (Å²) < 4.78 is 7.34. The molecule has 8 nitrogen and oxygen atoms in total. The molecule has 2 aromatic rings. The van der Waals surface area contributed by atoms with Crippen LogP contribution >= 0.6 is 0 Å². The molecule has 8 heteroatoms. The van der Waals surface area contributed by atoms with Crippen molar-refractivity contribution in [2.24, 2.45) is 5.92 Å². The van der Waals surface area contributed by atoms with Crippen LogP contribution in [0, 0.1) is 5.92 Å². The molecule has 3 rings (SSSR count). The Morgan fingerprint density at radius 2 is 1.90 bits per heavy atom. The van der Waals surface area contributed by atoms with Crippen molar-refractivity contribution in [2.75, 3.05) is 6.54 Å². The number of aromatic nitrogens is 3. The Labute approximate surface area is 177 Å². The van der Waals surface area contributed by atoms with E-state index in [1.807, 2.05) is 49.6 Å². The van der Waals surface area contributed by atoms with Crippen molar-refractivity contribution in [2.45, 2.75) is 77.4 Å². The Morgan fingerprint density at radius 3 is 2.67 bits per heavy atom. The number of nitrogens with one attached hydrogen (secondary N) is 2. The summed E-state index contributed by atoms with van der Waals surface area (Å²) in [5.41, 5.74) is 0.227. The van der Waals surface area contributed by atoms with Crippen LogP contribution in [-0.4, -0.2) is 44.8 Å². The molecule has 0 aliphatic heterocycles. The molecule has 0 saturated heterocycles. The third-order valence-corrected chi connectivity index (χ3v) is 5.34. The van der Waals surface area contributed by atoms with Gasteiger partial charge in [-0.2, -0.15) is 0 Å². The smallest absolute Gasteiger partial charge is 0.407 e. The first-order chi connectivity index (χ1) is 14.3. The van der Waals surface area contributed by atoms with E-state index >= 15 is 0 Å². The number of carbonyl (C=O) groups excluding carboxylic acids is 2. The molecule has 0 aromatic carbocycles. The first kappa shape index (κ1) is 22.1.